The first-order chi connectivity index (χ1) is 9.76. The van der Waals surface area contributed by atoms with E-state index in [-0.39, 0.29) is 11.2 Å². The highest BCUT2D eigenvalue weighted by molar-refractivity contribution is 9.08. The third-order valence-corrected chi connectivity index (χ3v) is 5.28. The number of carbonyl (C=O) groups excluding carboxylic acids is 1. The normalized spacial score (nSPS) is 16.8. The number of halogens is 1. The number of carbonyl (C=O) groups is 1. The fraction of sp³-hybridized carbons (Fsp3) is 0.188. The van der Waals surface area contributed by atoms with Gasteiger partial charge in [0.1, 0.15) is 0 Å². The summed E-state index contributed by atoms with van der Waals surface area (Å²) < 4.78 is 0. The van der Waals surface area contributed by atoms with Crippen LogP contribution in [0.25, 0.3) is 0 Å². The molecule has 2 aromatic carbocycles. The van der Waals surface area contributed by atoms with Crippen LogP contribution in [-0.2, 0) is 16.5 Å². The summed E-state index contributed by atoms with van der Waals surface area (Å²) in [6, 6.07) is 16.1. The van der Waals surface area contributed by atoms with Crippen molar-refractivity contribution in [2.24, 2.45) is 0 Å². The third-order valence-electron chi connectivity index (χ3n) is 3.32. The monoisotopic (exact) mass is 347 g/mol. The minimum Gasteiger partial charge on any atom is -0.325 e. The Labute approximate surface area is 131 Å². The van der Waals surface area contributed by atoms with Crippen LogP contribution in [0.15, 0.2) is 53.4 Å². The van der Waals surface area contributed by atoms with Crippen LogP contribution in [-0.4, -0.2) is 11.2 Å². The Hall–Kier alpha value is -1.26. The van der Waals surface area contributed by atoms with Crippen LogP contribution in [0.5, 0.6) is 0 Å². The Kier molecular flexibility index (Phi) is 4.13. The van der Waals surface area contributed by atoms with E-state index in [9.17, 15) is 4.79 Å². The van der Waals surface area contributed by atoms with Crippen LogP contribution < -0.4 is 5.32 Å². The van der Waals surface area contributed by atoms with Crippen LogP contribution in [0.4, 0.5) is 5.69 Å². The van der Waals surface area contributed by atoms with Crippen molar-refractivity contribution < 1.29 is 4.79 Å². The van der Waals surface area contributed by atoms with Crippen molar-refractivity contribution in [3.8, 4) is 0 Å². The molecule has 4 heteroatoms. The van der Waals surface area contributed by atoms with Crippen LogP contribution in [0, 0.1) is 0 Å². The third kappa shape index (κ3) is 2.91. The molecule has 3 rings (SSSR count). The van der Waals surface area contributed by atoms with Crippen LogP contribution in [0.3, 0.4) is 0 Å². The predicted molar refractivity (Wildman–Crippen MR) is 87.5 cm³/mol. The number of amides is 1. The molecule has 102 valence electrons. The molecule has 0 aromatic heterocycles. The summed E-state index contributed by atoms with van der Waals surface area (Å²) in [7, 11) is 0. The highest BCUT2D eigenvalue weighted by Crippen LogP contribution is 2.37. The van der Waals surface area contributed by atoms with E-state index in [2.05, 4.69) is 33.4 Å². The van der Waals surface area contributed by atoms with Gasteiger partial charge in [-0.25, -0.2) is 0 Å². The van der Waals surface area contributed by atoms with Gasteiger partial charge in [-0.2, -0.15) is 0 Å². The smallest absolute Gasteiger partial charge is 0.238 e. The molecule has 1 aliphatic heterocycles. The quantitative estimate of drug-likeness (QED) is 0.841. The molecule has 2 aromatic rings. The Morgan fingerprint density at radius 3 is 2.65 bits per heavy atom. The van der Waals surface area contributed by atoms with E-state index in [4.69, 9.17) is 0 Å². The van der Waals surface area contributed by atoms with Gasteiger partial charge in [0.2, 0.25) is 5.91 Å². The number of anilines is 1. The number of hydrogen-bond donors (Lipinski definition) is 1. The zero-order valence-electron chi connectivity index (χ0n) is 10.8. The molecule has 0 fully saturated rings. The summed E-state index contributed by atoms with van der Waals surface area (Å²) >= 11 is 5.06. The van der Waals surface area contributed by atoms with Crippen LogP contribution >= 0.6 is 27.7 Å². The van der Waals surface area contributed by atoms with Crippen molar-refractivity contribution in [3.05, 3.63) is 59.7 Å². The van der Waals surface area contributed by atoms with Gasteiger partial charge in [-0.05, 0) is 35.7 Å². The molecule has 0 saturated heterocycles. The second kappa shape index (κ2) is 6.02. The van der Waals surface area contributed by atoms with Gasteiger partial charge < -0.3 is 5.32 Å². The van der Waals surface area contributed by atoms with Gasteiger partial charge in [0.15, 0.2) is 0 Å². The van der Waals surface area contributed by atoms with Crippen molar-refractivity contribution in [2.45, 2.75) is 21.9 Å². The minimum absolute atomic E-state index is 0.0248. The fourth-order valence-electron chi connectivity index (χ4n) is 2.23. The molecule has 1 heterocycles. The van der Waals surface area contributed by atoms with E-state index in [0.29, 0.717) is 0 Å². The topological polar surface area (TPSA) is 29.1 Å². The molecule has 1 aliphatic rings. The van der Waals surface area contributed by atoms with Gasteiger partial charge in [0.05, 0.1) is 5.25 Å². The largest absolute Gasteiger partial charge is 0.325 e. The number of alkyl halides is 1. The summed E-state index contributed by atoms with van der Waals surface area (Å²) in [6.45, 7) is 0. The maximum absolute atomic E-state index is 12.3. The number of hydrogen-bond acceptors (Lipinski definition) is 2. The average molecular weight is 348 g/mol. The number of benzene rings is 2. The molecule has 2 nitrogen and oxygen atoms in total. The summed E-state index contributed by atoms with van der Waals surface area (Å²) in [5.74, 6) is 0.0813. The lowest BCUT2D eigenvalue weighted by Gasteiger charge is -2.10. The van der Waals surface area contributed by atoms with Crippen molar-refractivity contribution in [3.63, 3.8) is 0 Å². The minimum atomic E-state index is -0.0248. The first kappa shape index (κ1) is 13.7. The number of nitrogens with one attached hydrogen (secondary N) is 1. The average Bonchev–Trinajstić information content (AvgIpc) is 2.92. The number of thioether (sulfide) groups is 1. The van der Waals surface area contributed by atoms with Gasteiger partial charge in [-0.15, -0.1) is 11.8 Å². The van der Waals surface area contributed by atoms with Crippen LogP contribution in [0.1, 0.15) is 11.1 Å². The van der Waals surface area contributed by atoms with Crippen LogP contribution in [0.2, 0.25) is 0 Å². The molecule has 0 saturated carbocycles. The Balaban J connectivity index is 1.66. The first-order valence-electron chi connectivity index (χ1n) is 6.46. The second-order valence-electron chi connectivity index (χ2n) is 4.74. The van der Waals surface area contributed by atoms with Gasteiger partial charge in [0.25, 0.3) is 0 Å². The zero-order chi connectivity index (χ0) is 13.9. The van der Waals surface area contributed by atoms with Gasteiger partial charge >= 0.3 is 0 Å². The van der Waals surface area contributed by atoms with E-state index in [0.717, 1.165) is 17.4 Å². The summed E-state index contributed by atoms with van der Waals surface area (Å²) in [4.78, 5) is 13.5. The Bertz CT molecular complexity index is 602. The van der Waals surface area contributed by atoms with Gasteiger partial charge in [-0.1, -0.05) is 46.3 Å². The van der Waals surface area contributed by atoms with Gasteiger partial charge in [-0.3, -0.25) is 4.79 Å². The molecule has 0 bridgehead atoms. The molecule has 1 amide bonds. The van der Waals surface area contributed by atoms with E-state index in [1.807, 2.05) is 36.4 Å². The van der Waals surface area contributed by atoms with Gasteiger partial charge in [0, 0.05) is 15.9 Å². The lowest BCUT2D eigenvalue weighted by atomic mass is 10.1. The maximum atomic E-state index is 12.3. The fourth-order valence-corrected chi connectivity index (χ4v) is 3.80. The zero-order valence-corrected chi connectivity index (χ0v) is 13.2. The molecule has 0 radical (unpaired) electrons. The number of rotatable bonds is 3. The van der Waals surface area contributed by atoms with Crippen molar-refractivity contribution >= 4 is 39.3 Å². The van der Waals surface area contributed by atoms with E-state index in [1.165, 1.54) is 16.0 Å². The lowest BCUT2D eigenvalue weighted by molar-refractivity contribution is -0.115. The molecule has 1 N–H and O–H groups in total. The lowest BCUT2D eigenvalue weighted by Crippen LogP contribution is -2.24. The molecule has 1 unspecified atom stereocenters. The standard InChI is InChI=1S/C16H14BrNOS/c17-10-11-5-7-13(8-6-11)18-16(19)15-9-12-3-1-2-4-14(12)20-15/h1-8,15H,9-10H2,(H,18,19). The SMILES string of the molecule is O=C(Nc1ccc(CBr)cc1)C1Cc2ccccc2S1. The maximum Gasteiger partial charge on any atom is 0.238 e. The van der Waals surface area contributed by atoms with E-state index in [1.54, 1.807) is 11.8 Å². The number of fused-ring (bicyclic) bond motifs is 1. The first-order valence-corrected chi connectivity index (χ1v) is 8.47. The highest BCUT2D eigenvalue weighted by atomic mass is 79.9. The van der Waals surface area contributed by atoms with Crippen molar-refractivity contribution in [2.75, 3.05) is 5.32 Å². The Morgan fingerprint density at radius 1 is 1.20 bits per heavy atom. The summed E-state index contributed by atoms with van der Waals surface area (Å²) in [5.41, 5.74) is 3.33. The highest BCUT2D eigenvalue weighted by Gasteiger charge is 2.27. The molecule has 1 atom stereocenters. The second-order valence-corrected chi connectivity index (χ2v) is 6.54. The molecule has 20 heavy (non-hydrogen) atoms. The molecule has 0 spiro atoms. The molecular formula is C16H14BrNOS. The van der Waals surface area contributed by atoms with Crippen molar-refractivity contribution in [1.29, 1.82) is 0 Å². The molecule has 0 aliphatic carbocycles. The van der Waals surface area contributed by atoms with E-state index < -0.39 is 0 Å². The molecular weight excluding hydrogens is 334 g/mol. The van der Waals surface area contributed by atoms with Crippen molar-refractivity contribution in [1.82, 2.24) is 0 Å². The summed E-state index contributed by atoms with van der Waals surface area (Å²) in [5, 5.41) is 3.80. The van der Waals surface area contributed by atoms with E-state index >= 15 is 0 Å². The summed E-state index contributed by atoms with van der Waals surface area (Å²) in [6.07, 6.45) is 0.812. The predicted octanol–water partition coefficient (Wildman–Crippen LogP) is 4.24. The Morgan fingerprint density at radius 2 is 1.95 bits per heavy atom.